The lowest BCUT2D eigenvalue weighted by Crippen LogP contribution is -2.51. The van der Waals surface area contributed by atoms with Gasteiger partial charge in [-0.1, -0.05) is 13.8 Å². The number of hydrogen-bond donors (Lipinski definition) is 1. The highest BCUT2D eigenvalue weighted by Crippen LogP contribution is 2.16. The number of benzene rings is 1. The first-order chi connectivity index (χ1) is 11.6. The van der Waals surface area contributed by atoms with Crippen LogP contribution in [0.4, 0.5) is 10.1 Å². The second-order valence-corrected chi connectivity index (χ2v) is 6.12. The number of hydrogen-bond acceptors (Lipinski definition) is 3. The van der Waals surface area contributed by atoms with Gasteiger partial charge in [-0.25, -0.2) is 4.39 Å². The van der Waals surface area contributed by atoms with Crippen molar-refractivity contribution in [1.82, 2.24) is 9.80 Å². The van der Waals surface area contributed by atoms with Gasteiger partial charge in [0, 0.05) is 38.4 Å². The van der Waals surface area contributed by atoms with Crippen LogP contribution in [0.5, 0.6) is 0 Å². The number of nitrogens with two attached hydrogens (primary N) is 1. The summed E-state index contributed by atoms with van der Waals surface area (Å²) in [5.41, 5.74) is 7.20. The molecular formula is C18H31FIN5. The highest BCUT2D eigenvalue weighted by atomic mass is 127. The molecule has 0 aromatic heterocycles. The van der Waals surface area contributed by atoms with Crippen molar-refractivity contribution >= 4 is 35.6 Å². The second kappa shape index (κ2) is 11.5. The Balaban J connectivity index is 0.00000312. The summed E-state index contributed by atoms with van der Waals surface area (Å²) >= 11 is 0. The Morgan fingerprint density at radius 2 is 1.76 bits per heavy atom. The molecular weight excluding hydrogens is 432 g/mol. The first-order valence-electron chi connectivity index (χ1n) is 8.91. The first-order valence-corrected chi connectivity index (χ1v) is 8.91. The van der Waals surface area contributed by atoms with Crippen LogP contribution in [0.1, 0.15) is 20.3 Å². The molecule has 7 heteroatoms. The molecule has 0 spiro atoms. The maximum Gasteiger partial charge on any atom is 0.191 e. The van der Waals surface area contributed by atoms with E-state index in [-0.39, 0.29) is 29.8 Å². The zero-order valence-corrected chi connectivity index (χ0v) is 17.7. The number of nitrogens with zero attached hydrogens (tertiary/aromatic N) is 4. The van der Waals surface area contributed by atoms with Crippen molar-refractivity contribution in [3.63, 3.8) is 0 Å². The number of halogens is 2. The van der Waals surface area contributed by atoms with Crippen molar-refractivity contribution < 1.29 is 4.39 Å². The van der Waals surface area contributed by atoms with Crippen molar-refractivity contribution in [2.75, 3.05) is 57.3 Å². The predicted molar refractivity (Wildman–Crippen MR) is 114 cm³/mol. The third-order valence-corrected chi connectivity index (χ3v) is 4.47. The topological polar surface area (TPSA) is 48.1 Å². The fourth-order valence-electron chi connectivity index (χ4n) is 3.00. The molecule has 2 rings (SSSR count). The van der Waals surface area contributed by atoms with E-state index >= 15 is 0 Å². The van der Waals surface area contributed by atoms with E-state index in [1.54, 1.807) is 0 Å². The molecule has 0 radical (unpaired) electrons. The Kier molecular flexibility index (Phi) is 10.1. The molecule has 25 heavy (non-hydrogen) atoms. The third-order valence-electron chi connectivity index (χ3n) is 4.47. The maximum atomic E-state index is 13.0. The molecule has 0 unspecified atom stereocenters. The van der Waals surface area contributed by atoms with E-state index in [1.165, 1.54) is 18.6 Å². The molecule has 1 heterocycles. The minimum absolute atomic E-state index is 0. The second-order valence-electron chi connectivity index (χ2n) is 6.12. The zero-order valence-electron chi connectivity index (χ0n) is 15.3. The van der Waals surface area contributed by atoms with Gasteiger partial charge >= 0.3 is 0 Å². The summed E-state index contributed by atoms with van der Waals surface area (Å²) in [6.45, 7) is 11.7. The van der Waals surface area contributed by atoms with E-state index in [2.05, 4.69) is 33.5 Å². The fraction of sp³-hybridized carbons (Fsp3) is 0.611. The molecule has 0 amide bonds. The summed E-state index contributed by atoms with van der Waals surface area (Å²) in [5.74, 6) is 0.444. The van der Waals surface area contributed by atoms with Crippen LogP contribution in [0.15, 0.2) is 29.3 Å². The van der Waals surface area contributed by atoms with Gasteiger partial charge in [0.1, 0.15) is 5.82 Å². The van der Waals surface area contributed by atoms with E-state index in [0.29, 0.717) is 5.96 Å². The highest BCUT2D eigenvalue weighted by Gasteiger charge is 2.18. The SMILES string of the molecule is CCCN(CC)CCN=C(N)N1CCN(c2ccc(F)cc2)CC1.I. The minimum atomic E-state index is -0.196. The molecule has 2 N–H and O–H groups in total. The molecule has 1 aliphatic heterocycles. The Hall–Kier alpha value is -1.09. The van der Waals surface area contributed by atoms with Gasteiger partial charge in [0.25, 0.3) is 0 Å². The van der Waals surface area contributed by atoms with Crippen LogP contribution in [-0.4, -0.2) is 68.1 Å². The van der Waals surface area contributed by atoms with E-state index in [9.17, 15) is 4.39 Å². The van der Waals surface area contributed by atoms with Gasteiger partial charge in [-0.3, -0.25) is 4.99 Å². The lowest BCUT2D eigenvalue weighted by atomic mass is 10.2. The Labute approximate surface area is 168 Å². The summed E-state index contributed by atoms with van der Waals surface area (Å²) in [6, 6.07) is 6.67. The predicted octanol–water partition coefficient (Wildman–Crippen LogP) is 2.61. The lowest BCUT2D eigenvalue weighted by molar-refractivity contribution is 0.296. The summed E-state index contributed by atoms with van der Waals surface area (Å²) < 4.78 is 13.0. The fourth-order valence-corrected chi connectivity index (χ4v) is 3.00. The minimum Gasteiger partial charge on any atom is -0.370 e. The van der Waals surface area contributed by atoms with Gasteiger partial charge in [-0.05, 0) is 43.8 Å². The van der Waals surface area contributed by atoms with Crippen LogP contribution in [-0.2, 0) is 0 Å². The monoisotopic (exact) mass is 463 g/mol. The van der Waals surface area contributed by atoms with Gasteiger partial charge < -0.3 is 20.4 Å². The van der Waals surface area contributed by atoms with Gasteiger partial charge in [0.15, 0.2) is 5.96 Å². The van der Waals surface area contributed by atoms with Crippen LogP contribution >= 0.6 is 24.0 Å². The van der Waals surface area contributed by atoms with E-state index < -0.39 is 0 Å². The van der Waals surface area contributed by atoms with Gasteiger partial charge in [0.2, 0.25) is 0 Å². The number of piperazine rings is 1. The van der Waals surface area contributed by atoms with Gasteiger partial charge in [-0.15, -0.1) is 24.0 Å². The Morgan fingerprint density at radius 1 is 1.12 bits per heavy atom. The quantitative estimate of drug-likeness (QED) is 0.384. The first kappa shape index (κ1) is 22.0. The number of aliphatic imine (C=N–C) groups is 1. The van der Waals surface area contributed by atoms with E-state index in [1.807, 2.05) is 12.1 Å². The maximum absolute atomic E-state index is 13.0. The highest BCUT2D eigenvalue weighted by molar-refractivity contribution is 14.0. The number of guanidine groups is 1. The van der Waals surface area contributed by atoms with Crippen LogP contribution in [0.2, 0.25) is 0 Å². The van der Waals surface area contributed by atoms with Crippen LogP contribution in [0.3, 0.4) is 0 Å². The molecule has 1 aliphatic rings. The zero-order chi connectivity index (χ0) is 17.4. The molecule has 0 bridgehead atoms. The number of likely N-dealkylation sites (N-methyl/N-ethyl adjacent to an activating group) is 1. The summed E-state index contributed by atoms with van der Waals surface area (Å²) in [5, 5.41) is 0. The number of anilines is 1. The molecule has 1 aromatic rings. The standard InChI is InChI=1S/C18H30FN5.HI/c1-3-10-22(4-2)11-9-21-18(20)24-14-12-23(13-15-24)17-7-5-16(19)6-8-17;/h5-8H,3-4,9-15H2,1-2H3,(H2,20,21);1H. The van der Waals surface area contributed by atoms with Crippen LogP contribution < -0.4 is 10.6 Å². The molecule has 0 atom stereocenters. The largest absolute Gasteiger partial charge is 0.370 e. The Morgan fingerprint density at radius 3 is 2.32 bits per heavy atom. The van der Waals surface area contributed by atoms with Crippen LogP contribution in [0, 0.1) is 5.82 Å². The molecule has 0 aliphatic carbocycles. The molecule has 1 fully saturated rings. The molecule has 5 nitrogen and oxygen atoms in total. The van der Waals surface area contributed by atoms with E-state index in [4.69, 9.17) is 5.73 Å². The summed E-state index contributed by atoms with van der Waals surface area (Å²) in [4.78, 5) is 11.3. The van der Waals surface area contributed by atoms with Crippen molar-refractivity contribution in [3.05, 3.63) is 30.1 Å². The van der Waals surface area contributed by atoms with Crippen molar-refractivity contribution in [2.24, 2.45) is 10.7 Å². The van der Waals surface area contributed by atoms with Crippen LogP contribution in [0.25, 0.3) is 0 Å². The van der Waals surface area contributed by atoms with Gasteiger partial charge in [0.05, 0.1) is 6.54 Å². The molecule has 1 aromatic carbocycles. The normalized spacial score (nSPS) is 15.4. The lowest BCUT2D eigenvalue weighted by Gasteiger charge is -2.36. The van der Waals surface area contributed by atoms with Crippen molar-refractivity contribution in [1.29, 1.82) is 0 Å². The smallest absolute Gasteiger partial charge is 0.191 e. The van der Waals surface area contributed by atoms with E-state index in [0.717, 1.165) is 58.0 Å². The average molecular weight is 463 g/mol. The van der Waals surface area contributed by atoms with Crippen molar-refractivity contribution in [2.45, 2.75) is 20.3 Å². The Bertz CT molecular complexity index is 515. The molecule has 0 saturated carbocycles. The van der Waals surface area contributed by atoms with Gasteiger partial charge in [-0.2, -0.15) is 0 Å². The average Bonchev–Trinajstić information content (AvgIpc) is 2.61. The molecule has 1 saturated heterocycles. The molecule has 142 valence electrons. The third kappa shape index (κ3) is 6.97. The summed E-state index contributed by atoms with van der Waals surface area (Å²) in [7, 11) is 0. The summed E-state index contributed by atoms with van der Waals surface area (Å²) in [6.07, 6.45) is 1.17. The number of rotatable bonds is 7. The van der Waals surface area contributed by atoms with Crippen molar-refractivity contribution in [3.8, 4) is 0 Å².